The lowest BCUT2D eigenvalue weighted by Gasteiger charge is -2.32. The molecule has 1 saturated heterocycles. The number of piperidine rings is 1. The van der Waals surface area contributed by atoms with Gasteiger partial charge in [0.25, 0.3) is 0 Å². The van der Waals surface area contributed by atoms with Crippen LogP contribution < -0.4 is 0 Å². The number of carbonyl (C=O) groups is 1. The van der Waals surface area contributed by atoms with Crippen molar-refractivity contribution in [3.8, 4) is 0 Å². The Morgan fingerprint density at radius 3 is 3.00 bits per heavy atom. The summed E-state index contributed by atoms with van der Waals surface area (Å²) in [6.45, 7) is 1.37. The molecule has 0 unspecified atom stereocenters. The molecule has 6 nitrogen and oxygen atoms in total. The molecule has 1 atom stereocenters. The number of carbonyl (C=O) groups excluding carboxylic acids is 1. The first-order chi connectivity index (χ1) is 12.7. The average molecular weight is 353 g/mol. The zero-order chi connectivity index (χ0) is 17.9. The number of nitrogens with one attached hydrogen (secondary N) is 1. The van der Waals surface area contributed by atoms with Crippen LogP contribution in [-0.2, 0) is 11.2 Å². The van der Waals surface area contributed by atoms with Crippen LogP contribution in [0.25, 0.3) is 11.2 Å². The van der Waals surface area contributed by atoms with Crippen LogP contribution in [-0.4, -0.2) is 44.1 Å². The Morgan fingerprint density at radius 2 is 2.12 bits per heavy atom. The molecule has 4 rings (SSSR count). The van der Waals surface area contributed by atoms with Gasteiger partial charge < -0.3 is 4.90 Å². The molecule has 0 spiro atoms. The number of hydrogen-bond donors (Lipinski definition) is 1. The summed E-state index contributed by atoms with van der Waals surface area (Å²) in [5.41, 5.74) is 2.91. The molecule has 1 aromatic carbocycles. The fourth-order valence-electron chi connectivity index (χ4n) is 3.59. The smallest absolute Gasteiger partial charge is 0.222 e. The maximum absolute atomic E-state index is 13.7. The molecule has 3 aromatic rings. The van der Waals surface area contributed by atoms with Gasteiger partial charge in [-0.1, -0.05) is 18.2 Å². The molecule has 26 heavy (non-hydrogen) atoms. The zero-order valence-corrected chi connectivity index (χ0v) is 14.4. The summed E-state index contributed by atoms with van der Waals surface area (Å²) in [4.78, 5) is 23.1. The predicted molar refractivity (Wildman–Crippen MR) is 95.0 cm³/mol. The number of rotatable bonds is 4. The molecule has 0 radical (unpaired) electrons. The number of aromatic nitrogens is 4. The van der Waals surface area contributed by atoms with Gasteiger partial charge in [-0.25, -0.2) is 14.4 Å². The lowest BCUT2D eigenvalue weighted by atomic mass is 9.94. The molecule has 0 bridgehead atoms. The normalized spacial score (nSPS) is 17.6. The number of benzene rings is 1. The maximum Gasteiger partial charge on any atom is 0.222 e. The Balaban J connectivity index is 1.43. The van der Waals surface area contributed by atoms with Gasteiger partial charge in [0, 0.05) is 37.8 Å². The number of H-pyrrole nitrogens is 1. The highest BCUT2D eigenvalue weighted by Crippen LogP contribution is 2.29. The number of nitrogens with zero attached hydrogens (tertiary/aromatic N) is 4. The van der Waals surface area contributed by atoms with Gasteiger partial charge in [0.1, 0.15) is 11.3 Å². The predicted octanol–water partition coefficient (Wildman–Crippen LogP) is 2.83. The third-order valence-electron chi connectivity index (χ3n) is 4.96. The van der Waals surface area contributed by atoms with Crippen LogP contribution in [0.4, 0.5) is 4.39 Å². The fraction of sp³-hybridized carbons (Fsp3) is 0.368. The Kier molecular flexibility index (Phi) is 4.60. The minimum atomic E-state index is -0.251. The highest BCUT2D eigenvalue weighted by Gasteiger charge is 2.27. The van der Waals surface area contributed by atoms with E-state index in [4.69, 9.17) is 0 Å². The van der Waals surface area contributed by atoms with Crippen molar-refractivity contribution >= 4 is 17.1 Å². The third kappa shape index (κ3) is 3.29. The van der Waals surface area contributed by atoms with Crippen LogP contribution in [0.1, 0.15) is 36.4 Å². The quantitative estimate of drug-likeness (QED) is 0.783. The molecular weight excluding hydrogens is 333 g/mol. The molecule has 1 amide bonds. The van der Waals surface area contributed by atoms with E-state index in [1.54, 1.807) is 30.6 Å². The SMILES string of the molecule is O=C(CCc1ccccc1F)N1CCC[C@@H](c2[nH]nc3nccnc23)C1. The van der Waals surface area contributed by atoms with Gasteiger partial charge in [-0.3, -0.25) is 9.89 Å². The Labute approximate surface area is 150 Å². The van der Waals surface area contributed by atoms with Crippen molar-refractivity contribution in [3.05, 3.63) is 53.7 Å². The van der Waals surface area contributed by atoms with Gasteiger partial charge in [0.2, 0.25) is 5.91 Å². The van der Waals surface area contributed by atoms with E-state index in [0.717, 1.165) is 30.6 Å². The summed E-state index contributed by atoms with van der Waals surface area (Å²) in [6.07, 6.45) is 5.91. The van der Waals surface area contributed by atoms with Crippen molar-refractivity contribution in [1.29, 1.82) is 0 Å². The minimum Gasteiger partial charge on any atom is -0.342 e. The van der Waals surface area contributed by atoms with Crippen LogP contribution in [0.5, 0.6) is 0 Å². The number of aromatic amines is 1. The Morgan fingerprint density at radius 1 is 1.27 bits per heavy atom. The Hall–Kier alpha value is -2.83. The Bertz CT molecular complexity index is 925. The van der Waals surface area contributed by atoms with Gasteiger partial charge in [0.15, 0.2) is 5.65 Å². The number of likely N-dealkylation sites (tertiary alicyclic amines) is 1. The van der Waals surface area contributed by atoms with Crippen molar-refractivity contribution in [2.24, 2.45) is 0 Å². The van der Waals surface area contributed by atoms with E-state index in [-0.39, 0.29) is 17.6 Å². The van der Waals surface area contributed by atoms with E-state index < -0.39 is 0 Å². The number of amides is 1. The zero-order valence-electron chi connectivity index (χ0n) is 14.4. The van der Waals surface area contributed by atoms with Crippen LogP contribution in [0.2, 0.25) is 0 Å². The van der Waals surface area contributed by atoms with Gasteiger partial charge in [-0.2, -0.15) is 5.10 Å². The molecule has 7 heteroatoms. The monoisotopic (exact) mass is 353 g/mol. The first-order valence-corrected chi connectivity index (χ1v) is 8.88. The standard InChI is InChI=1S/C19H20FN5O/c20-15-6-2-1-4-13(15)7-8-16(26)25-11-3-5-14(12-25)17-18-19(24-23-17)22-10-9-21-18/h1-2,4,6,9-10,14H,3,5,7-8,11-12H2,(H,22,23,24)/t14-/m1/s1. The van der Waals surface area contributed by atoms with Crippen molar-refractivity contribution < 1.29 is 9.18 Å². The molecule has 1 N–H and O–H groups in total. The highest BCUT2D eigenvalue weighted by molar-refractivity contribution is 5.77. The van der Waals surface area contributed by atoms with E-state index >= 15 is 0 Å². The van der Waals surface area contributed by atoms with Gasteiger partial charge >= 0.3 is 0 Å². The summed E-state index contributed by atoms with van der Waals surface area (Å²) in [6, 6.07) is 6.62. The maximum atomic E-state index is 13.7. The van der Waals surface area contributed by atoms with Crippen molar-refractivity contribution in [2.45, 2.75) is 31.6 Å². The van der Waals surface area contributed by atoms with Crippen LogP contribution >= 0.6 is 0 Å². The molecule has 1 fully saturated rings. The number of hydrogen-bond acceptors (Lipinski definition) is 4. The number of halogens is 1. The largest absolute Gasteiger partial charge is 0.342 e. The second-order valence-electron chi connectivity index (χ2n) is 6.64. The second-order valence-corrected chi connectivity index (χ2v) is 6.64. The molecular formula is C19H20FN5O. The van der Waals surface area contributed by atoms with E-state index in [1.165, 1.54) is 6.07 Å². The van der Waals surface area contributed by atoms with Gasteiger partial charge in [-0.15, -0.1) is 0 Å². The third-order valence-corrected chi connectivity index (χ3v) is 4.96. The summed E-state index contributed by atoms with van der Waals surface area (Å²) in [5.74, 6) is -0.0185. The van der Waals surface area contributed by atoms with E-state index in [0.29, 0.717) is 30.6 Å². The highest BCUT2D eigenvalue weighted by atomic mass is 19.1. The van der Waals surface area contributed by atoms with Crippen molar-refractivity contribution in [1.82, 2.24) is 25.1 Å². The lowest BCUT2D eigenvalue weighted by Crippen LogP contribution is -2.39. The van der Waals surface area contributed by atoms with Crippen LogP contribution in [0.3, 0.4) is 0 Å². The molecule has 0 saturated carbocycles. The fourth-order valence-corrected chi connectivity index (χ4v) is 3.59. The first-order valence-electron chi connectivity index (χ1n) is 8.88. The van der Waals surface area contributed by atoms with Crippen LogP contribution in [0, 0.1) is 5.82 Å². The van der Waals surface area contributed by atoms with E-state index in [2.05, 4.69) is 20.2 Å². The molecule has 0 aliphatic carbocycles. The summed E-state index contributed by atoms with van der Waals surface area (Å²) in [5, 5.41) is 7.25. The molecule has 1 aliphatic heterocycles. The van der Waals surface area contributed by atoms with Gasteiger partial charge in [0.05, 0.1) is 5.69 Å². The number of aryl methyl sites for hydroxylation is 1. The number of fused-ring (bicyclic) bond motifs is 1. The summed E-state index contributed by atoms with van der Waals surface area (Å²) in [7, 11) is 0. The van der Waals surface area contributed by atoms with E-state index in [1.807, 2.05) is 4.90 Å². The first kappa shape index (κ1) is 16.6. The summed E-state index contributed by atoms with van der Waals surface area (Å²) < 4.78 is 13.7. The van der Waals surface area contributed by atoms with Crippen LogP contribution in [0.15, 0.2) is 36.7 Å². The summed E-state index contributed by atoms with van der Waals surface area (Å²) >= 11 is 0. The molecule has 1 aliphatic rings. The van der Waals surface area contributed by atoms with Crippen molar-refractivity contribution in [3.63, 3.8) is 0 Å². The minimum absolute atomic E-state index is 0.0628. The van der Waals surface area contributed by atoms with Crippen molar-refractivity contribution in [2.75, 3.05) is 13.1 Å². The topological polar surface area (TPSA) is 74.8 Å². The molecule has 134 valence electrons. The van der Waals surface area contributed by atoms with E-state index in [9.17, 15) is 9.18 Å². The van der Waals surface area contributed by atoms with Gasteiger partial charge in [-0.05, 0) is 30.9 Å². The second kappa shape index (κ2) is 7.19. The average Bonchev–Trinajstić information content (AvgIpc) is 3.11. The lowest BCUT2D eigenvalue weighted by molar-refractivity contribution is -0.132. The molecule has 2 aromatic heterocycles. The molecule has 3 heterocycles.